The number of hydrogen-bond acceptors (Lipinski definition) is 6. The van der Waals surface area contributed by atoms with Crippen LogP contribution in [0.1, 0.15) is 22.9 Å². The van der Waals surface area contributed by atoms with Crippen LogP contribution in [0, 0.1) is 6.92 Å². The van der Waals surface area contributed by atoms with Gasteiger partial charge in [-0.1, -0.05) is 41.9 Å². The molecule has 0 saturated carbocycles. The van der Waals surface area contributed by atoms with Crippen LogP contribution in [0.4, 0.5) is 0 Å². The second kappa shape index (κ2) is 10.3. The van der Waals surface area contributed by atoms with Crippen molar-refractivity contribution in [2.24, 2.45) is 0 Å². The molecule has 0 aliphatic carbocycles. The zero-order valence-corrected chi connectivity index (χ0v) is 20.7. The van der Waals surface area contributed by atoms with Gasteiger partial charge in [-0.3, -0.25) is 14.5 Å². The van der Waals surface area contributed by atoms with Crippen LogP contribution >= 0.6 is 11.6 Å². The van der Waals surface area contributed by atoms with Gasteiger partial charge in [-0.2, -0.15) is 5.10 Å². The van der Waals surface area contributed by atoms with E-state index in [2.05, 4.69) is 10.00 Å². The number of benzene rings is 2. The number of hydrogen-bond donors (Lipinski definition) is 1. The van der Waals surface area contributed by atoms with Crippen molar-refractivity contribution in [1.29, 1.82) is 0 Å². The normalized spacial score (nSPS) is 20.3. The number of ether oxygens (including phenoxy) is 1. The molecule has 9 heteroatoms. The zero-order valence-electron chi connectivity index (χ0n) is 19.9. The number of aliphatic hydroxyl groups is 1. The summed E-state index contributed by atoms with van der Waals surface area (Å²) in [6, 6.07) is 15.8. The van der Waals surface area contributed by atoms with E-state index in [1.807, 2.05) is 43.3 Å². The van der Waals surface area contributed by atoms with Crippen molar-refractivity contribution in [3.05, 3.63) is 88.2 Å². The molecule has 2 aliphatic rings. The van der Waals surface area contributed by atoms with Crippen LogP contribution in [0.15, 0.2) is 66.4 Å². The third-order valence-corrected chi connectivity index (χ3v) is 6.97. The fourth-order valence-corrected chi connectivity index (χ4v) is 5.02. The highest BCUT2D eigenvalue weighted by atomic mass is 35.5. The Hall–Kier alpha value is -3.46. The highest BCUT2D eigenvalue weighted by Gasteiger charge is 2.46. The van der Waals surface area contributed by atoms with Crippen LogP contribution in [0.2, 0.25) is 5.02 Å². The van der Waals surface area contributed by atoms with Crippen LogP contribution < -0.4 is 0 Å². The number of morpholine rings is 1. The molecule has 1 N–H and O–H groups in total. The monoisotopic (exact) mass is 506 g/mol. The van der Waals surface area contributed by atoms with Gasteiger partial charge in [0.1, 0.15) is 5.76 Å². The molecule has 5 rings (SSSR count). The Kier molecular flexibility index (Phi) is 6.91. The summed E-state index contributed by atoms with van der Waals surface area (Å²) in [5.41, 5.74) is 2.59. The fraction of sp³-hybridized carbons (Fsp3) is 0.296. The molecule has 2 aliphatic heterocycles. The van der Waals surface area contributed by atoms with Crippen LogP contribution in [-0.2, 0) is 14.3 Å². The smallest absolute Gasteiger partial charge is 0.295 e. The van der Waals surface area contributed by atoms with Gasteiger partial charge in [0.05, 0.1) is 48.0 Å². The summed E-state index contributed by atoms with van der Waals surface area (Å²) in [5, 5.41) is 16.4. The predicted octanol–water partition coefficient (Wildman–Crippen LogP) is 3.59. The van der Waals surface area contributed by atoms with E-state index in [1.54, 1.807) is 22.9 Å². The first-order chi connectivity index (χ1) is 17.5. The van der Waals surface area contributed by atoms with Gasteiger partial charge in [0, 0.05) is 31.2 Å². The lowest BCUT2D eigenvalue weighted by molar-refractivity contribution is -0.140. The highest BCUT2D eigenvalue weighted by Crippen LogP contribution is 2.40. The van der Waals surface area contributed by atoms with E-state index in [0.29, 0.717) is 48.1 Å². The van der Waals surface area contributed by atoms with Crippen molar-refractivity contribution in [3.8, 4) is 5.69 Å². The second-order valence-corrected chi connectivity index (χ2v) is 9.33. The van der Waals surface area contributed by atoms with Gasteiger partial charge in [-0.05, 0) is 36.8 Å². The van der Waals surface area contributed by atoms with Gasteiger partial charge < -0.3 is 14.7 Å². The summed E-state index contributed by atoms with van der Waals surface area (Å²) in [7, 11) is 0. The molecular weight excluding hydrogens is 480 g/mol. The van der Waals surface area contributed by atoms with E-state index in [-0.39, 0.29) is 11.3 Å². The number of nitrogens with zero attached hydrogens (tertiary/aromatic N) is 4. The summed E-state index contributed by atoms with van der Waals surface area (Å²) in [6.07, 6.45) is 1.52. The second-order valence-electron chi connectivity index (χ2n) is 8.89. The van der Waals surface area contributed by atoms with Crippen molar-refractivity contribution in [2.75, 3.05) is 39.4 Å². The molecule has 36 heavy (non-hydrogen) atoms. The topological polar surface area (TPSA) is 87.9 Å². The number of amides is 1. The Bertz CT molecular complexity index is 1310. The van der Waals surface area contributed by atoms with Gasteiger partial charge in [0.25, 0.3) is 11.7 Å². The average Bonchev–Trinajstić information content (AvgIpc) is 3.40. The van der Waals surface area contributed by atoms with Crippen LogP contribution in [0.25, 0.3) is 11.4 Å². The molecule has 1 atom stereocenters. The number of ketones is 1. The number of aliphatic hydroxyl groups excluding tert-OH is 1. The Labute approximate surface area is 214 Å². The predicted molar refractivity (Wildman–Crippen MR) is 136 cm³/mol. The first-order valence-corrected chi connectivity index (χ1v) is 12.3. The number of carbonyl (C=O) groups is 2. The van der Waals surface area contributed by atoms with Gasteiger partial charge in [-0.25, -0.2) is 4.68 Å². The number of halogens is 1. The van der Waals surface area contributed by atoms with Gasteiger partial charge in [-0.15, -0.1) is 0 Å². The standard InChI is InChI=1S/C27H27ClN4O4/c1-18-22(17-29-32(18)21-8-3-2-4-9-21)25(33)23-24(19-6-5-7-20(28)16-19)31(27(35)26(23)34)11-10-30-12-14-36-15-13-30/h2-9,16-17,24,33H,10-15H2,1H3/b25-23+. The number of carbonyl (C=O) groups excluding carboxylic acids is 2. The highest BCUT2D eigenvalue weighted by molar-refractivity contribution is 6.46. The lowest BCUT2D eigenvalue weighted by Gasteiger charge is -2.31. The summed E-state index contributed by atoms with van der Waals surface area (Å²) in [4.78, 5) is 30.3. The number of rotatable bonds is 6. The molecule has 186 valence electrons. The van der Waals surface area contributed by atoms with Crippen LogP contribution in [-0.4, -0.2) is 75.8 Å². The molecule has 0 spiro atoms. The Morgan fingerprint density at radius 3 is 2.56 bits per heavy atom. The third-order valence-electron chi connectivity index (χ3n) is 6.73. The van der Waals surface area contributed by atoms with Crippen LogP contribution in [0.3, 0.4) is 0 Å². The van der Waals surface area contributed by atoms with Crippen molar-refractivity contribution >= 4 is 29.1 Å². The fourth-order valence-electron chi connectivity index (χ4n) is 4.82. The summed E-state index contributed by atoms with van der Waals surface area (Å²) in [5.74, 6) is -1.60. The van der Waals surface area contributed by atoms with Crippen LogP contribution in [0.5, 0.6) is 0 Å². The SMILES string of the molecule is Cc1c(/C(O)=C2\C(=O)C(=O)N(CCN3CCOCC3)C2c2cccc(Cl)c2)cnn1-c1ccccc1. The Morgan fingerprint density at radius 2 is 1.83 bits per heavy atom. The zero-order chi connectivity index (χ0) is 25.2. The molecule has 2 fully saturated rings. The first kappa shape index (κ1) is 24.2. The lowest BCUT2D eigenvalue weighted by Crippen LogP contribution is -2.42. The molecule has 1 unspecified atom stereocenters. The van der Waals surface area contributed by atoms with Crippen molar-refractivity contribution in [1.82, 2.24) is 19.6 Å². The van der Waals surface area contributed by atoms with E-state index in [0.717, 1.165) is 18.8 Å². The molecule has 1 amide bonds. The van der Waals surface area contributed by atoms with Crippen molar-refractivity contribution in [2.45, 2.75) is 13.0 Å². The number of aromatic nitrogens is 2. The van der Waals surface area contributed by atoms with E-state index in [4.69, 9.17) is 16.3 Å². The molecule has 1 aromatic heterocycles. The summed E-state index contributed by atoms with van der Waals surface area (Å²) < 4.78 is 7.11. The minimum absolute atomic E-state index is 0.0416. The number of likely N-dealkylation sites (tertiary alicyclic amines) is 1. The minimum Gasteiger partial charge on any atom is -0.507 e. The summed E-state index contributed by atoms with van der Waals surface area (Å²) in [6.45, 7) is 5.56. The summed E-state index contributed by atoms with van der Waals surface area (Å²) >= 11 is 6.28. The molecule has 0 bridgehead atoms. The Balaban J connectivity index is 1.56. The first-order valence-electron chi connectivity index (χ1n) is 11.9. The lowest BCUT2D eigenvalue weighted by atomic mass is 9.95. The maximum Gasteiger partial charge on any atom is 0.295 e. The average molecular weight is 507 g/mol. The van der Waals surface area contributed by atoms with E-state index >= 15 is 0 Å². The third kappa shape index (κ3) is 4.55. The van der Waals surface area contributed by atoms with Crippen molar-refractivity contribution in [3.63, 3.8) is 0 Å². The largest absolute Gasteiger partial charge is 0.507 e. The van der Waals surface area contributed by atoms with E-state index in [1.165, 1.54) is 11.1 Å². The minimum atomic E-state index is -0.760. The maximum atomic E-state index is 13.3. The molecule has 8 nitrogen and oxygen atoms in total. The number of para-hydroxylation sites is 1. The number of Topliss-reactive ketones (excluding diaryl/α,β-unsaturated/α-hetero) is 1. The van der Waals surface area contributed by atoms with Gasteiger partial charge >= 0.3 is 0 Å². The molecule has 0 radical (unpaired) electrons. The molecule has 3 aromatic rings. The maximum absolute atomic E-state index is 13.3. The van der Waals surface area contributed by atoms with Gasteiger partial charge in [0.15, 0.2) is 0 Å². The Morgan fingerprint density at radius 1 is 1.08 bits per heavy atom. The molecule has 3 heterocycles. The van der Waals surface area contributed by atoms with Crippen molar-refractivity contribution < 1.29 is 19.4 Å². The molecule has 2 aromatic carbocycles. The van der Waals surface area contributed by atoms with E-state index < -0.39 is 17.7 Å². The van der Waals surface area contributed by atoms with E-state index in [9.17, 15) is 14.7 Å². The van der Waals surface area contributed by atoms with Gasteiger partial charge in [0.2, 0.25) is 0 Å². The molecule has 2 saturated heterocycles. The molecular formula is C27H27ClN4O4. The quantitative estimate of drug-likeness (QED) is 0.312.